The van der Waals surface area contributed by atoms with Gasteiger partial charge in [-0.1, -0.05) is 30.0 Å². The minimum atomic E-state index is 0.113. The van der Waals surface area contributed by atoms with Crippen molar-refractivity contribution < 1.29 is 9.21 Å². The fraction of sp³-hybridized carbons (Fsp3) is 0.350. The summed E-state index contributed by atoms with van der Waals surface area (Å²) in [5.41, 5.74) is 0.841. The first-order chi connectivity index (χ1) is 12.5. The summed E-state index contributed by atoms with van der Waals surface area (Å²) in [6.07, 6.45) is 1.60. The Kier molecular flexibility index (Phi) is 5.61. The van der Waals surface area contributed by atoms with E-state index in [9.17, 15) is 4.79 Å². The van der Waals surface area contributed by atoms with E-state index in [1.54, 1.807) is 6.26 Å². The number of hydrogen-bond donors (Lipinski definition) is 0. The van der Waals surface area contributed by atoms with E-state index in [-0.39, 0.29) is 18.0 Å². The summed E-state index contributed by atoms with van der Waals surface area (Å²) in [7, 11) is 0. The quantitative estimate of drug-likeness (QED) is 0.468. The molecule has 0 saturated heterocycles. The van der Waals surface area contributed by atoms with Crippen LogP contribution in [-0.4, -0.2) is 38.6 Å². The van der Waals surface area contributed by atoms with Crippen molar-refractivity contribution in [1.82, 2.24) is 14.9 Å². The zero-order valence-electron chi connectivity index (χ0n) is 15.5. The topological polar surface area (TPSA) is 59.2 Å². The Morgan fingerprint density at radius 1 is 1.08 bits per heavy atom. The van der Waals surface area contributed by atoms with Crippen LogP contribution in [0, 0.1) is 0 Å². The average Bonchev–Trinajstić information content (AvgIpc) is 3.13. The molecule has 2 heterocycles. The van der Waals surface area contributed by atoms with Crippen LogP contribution in [0.25, 0.3) is 22.5 Å². The highest BCUT2D eigenvalue weighted by molar-refractivity contribution is 8.00. The van der Waals surface area contributed by atoms with Gasteiger partial charge < -0.3 is 9.32 Å². The molecule has 0 aliphatic heterocycles. The fourth-order valence-corrected chi connectivity index (χ4v) is 3.94. The highest BCUT2D eigenvalue weighted by Crippen LogP contribution is 2.29. The lowest BCUT2D eigenvalue weighted by Crippen LogP contribution is -2.43. The number of nitrogens with zero attached hydrogens (tertiary/aromatic N) is 3. The monoisotopic (exact) mass is 369 g/mol. The van der Waals surface area contributed by atoms with E-state index < -0.39 is 0 Å². The van der Waals surface area contributed by atoms with Crippen molar-refractivity contribution in [2.24, 2.45) is 0 Å². The van der Waals surface area contributed by atoms with Crippen LogP contribution in [0.4, 0.5) is 0 Å². The number of fused-ring (bicyclic) bond motifs is 1. The first-order valence-corrected chi connectivity index (χ1v) is 9.70. The maximum absolute atomic E-state index is 12.7. The van der Waals surface area contributed by atoms with E-state index in [1.807, 2.05) is 69.0 Å². The van der Waals surface area contributed by atoms with E-state index >= 15 is 0 Å². The second kappa shape index (κ2) is 7.91. The number of benzene rings is 1. The van der Waals surface area contributed by atoms with Crippen molar-refractivity contribution in [2.45, 2.75) is 44.8 Å². The summed E-state index contributed by atoms with van der Waals surface area (Å²) in [4.78, 5) is 23.8. The van der Waals surface area contributed by atoms with Crippen molar-refractivity contribution in [2.75, 3.05) is 5.75 Å². The van der Waals surface area contributed by atoms with Gasteiger partial charge in [-0.05, 0) is 45.9 Å². The number of thioether (sulfide) groups is 1. The molecule has 1 aromatic carbocycles. The molecule has 0 N–H and O–H groups in total. The van der Waals surface area contributed by atoms with Gasteiger partial charge in [0.2, 0.25) is 5.91 Å². The van der Waals surface area contributed by atoms with Gasteiger partial charge >= 0.3 is 0 Å². The van der Waals surface area contributed by atoms with Gasteiger partial charge in [-0.15, -0.1) is 0 Å². The van der Waals surface area contributed by atoms with E-state index in [1.165, 1.54) is 11.8 Å². The third kappa shape index (κ3) is 3.90. The van der Waals surface area contributed by atoms with Crippen LogP contribution in [-0.2, 0) is 4.79 Å². The number of carbonyl (C=O) groups excluding carboxylic acids is 1. The Morgan fingerprint density at radius 3 is 2.46 bits per heavy atom. The SMILES string of the molecule is CC(C)N(C(=O)CSc1nc(-c2ccco2)nc2ccccc12)C(C)C. The molecule has 0 fully saturated rings. The number of furan rings is 1. The molecular formula is C20H23N3O2S. The molecule has 0 aliphatic carbocycles. The molecule has 26 heavy (non-hydrogen) atoms. The van der Waals surface area contributed by atoms with Crippen LogP contribution < -0.4 is 0 Å². The molecule has 0 bridgehead atoms. The van der Waals surface area contributed by atoms with Crippen LogP contribution in [0.5, 0.6) is 0 Å². The molecule has 0 spiro atoms. The van der Waals surface area contributed by atoms with Gasteiger partial charge in [-0.2, -0.15) is 0 Å². The Hall–Kier alpha value is -2.34. The number of rotatable bonds is 6. The van der Waals surface area contributed by atoms with Gasteiger partial charge in [0.15, 0.2) is 11.6 Å². The summed E-state index contributed by atoms with van der Waals surface area (Å²) in [6.45, 7) is 8.16. The number of hydrogen-bond acceptors (Lipinski definition) is 5. The first-order valence-electron chi connectivity index (χ1n) is 8.72. The molecule has 1 amide bonds. The molecule has 0 atom stereocenters. The summed E-state index contributed by atoms with van der Waals surface area (Å²) in [6, 6.07) is 11.8. The van der Waals surface area contributed by atoms with Crippen molar-refractivity contribution in [3.63, 3.8) is 0 Å². The number of aromatic nitrogens is 2. The van der Waals surface area contributed by atoms with Crippen molar-refractivity contribution in [1.29, 1.82) is 0 Å². The predicted molar refractivity (Wildman–Crippen MR) is 105 cm³/mol. The highest BCUT2D eigenvalue weighted by Gasteiger charge is 2.21. The summed E-state index contributed by atoms with van der Waals surface area (Å²) in [5.74, 6) is 1.61. The Bertz CT molecular complexity index is 883. The predicted octanol–water partition coefficient (Wildman–Crippen LogP) is 4.63. The fourth-order valence-electron chi connectivity index (χ4n) is 3.05. The minimum Gasteiger partial charge on any atom is -0.461 e. The molecule has 0 saturated carbocycles. The second-order valence-corrected chi connectivity index (χ2v) is 7.59. The van der Waals surface area contributed by atoms with Gasteiger partial charge in [0.25, 0.3) is 0 Å². The molecule has 3 rings (SSSR count). The Labute approximate surface area is 157 Å². The van der Waals surface area contributed by atoms with E-state index in [4.69, 9.17) is 4.42 Å². The molecule has 0 radical (unpaired) electrons. The third-order valence-corrected chi connectivity index (χ3v) is 5.02. The van der Waals surface area contributed by atoms with E-state index in [0.717, 1.165) is 15.9 Å². The third-order valence-electron chi connectivity index (χ3n) is 4.04. The van der Waals surface area contributed by atoms with Gasteiger partial charge in [0.05, 0.1) is 17.5 Å². The molecule has 136 valence electrons. The van der Waals surface area contributed by atoms with Gasteiger partial charge in [0, 0.05) is 17.5 Å². The normalized spacial score (nSPS) is 11.5. The number of para-hydroxylation sites is 1. The van der Waals surface area contributed by atoms with E-state index in [0.29, 0.717) is 17.3 Å². The molecule has 5 nitrogen and oxygen atoms in total. The second-order valence-electron chi connectivity index (χ2n) is 6.62. The molecule has 2 aromatic heterocycles. The molecule has 0 unspecified atom stereocenters. The summed E-state index contributed by atoms with van der Waals surface area (Å²) >= 11 is 1.45. The zero-order chi connectivity index (χ0) is 18.7. The number of carbonyl (C=O) groups is 1. The molecule has 0 aliphatic rings. The highest BCUT2D eigenvalue weighted by atomic mass is 32.2. The Morgan fingerprint density at radius 2 is 1.81 bits per heavy atom. The van der Waals surface area contributed by atoms with Crippen LogP contribution in [0.3, 0.4) is 0 Å². The summed E-state index contributed by atoms with van der Waals surface area (Å²) in [5, 5.41) is 1.74. The van der Waals surface area contributed by atoms with Crippen LogP contribution in [0.1, 0.15) is 27.7 Å². The first kappa shape index (κ1) is 18.5. The maximum atomic E-state index is 12.7. The lowest BCUT2D eigenvalue weighted by Gasteiger charge is -2.30. The van der Waals surface area contributed by atoms with Crippen LogP contribution in [0.15, 0.2) is 52.1 Å². The lowest BCUT2D eigenvalue weighted by molar-refractivity contribution is -0.131. The lowest BCUT2D eigenvalue weighted by atomic mass is 10.2. The van der Waals surface area contributed by atoms with Gasteiger partial charge in [-0.3, -0.25) is 4.79 Å². The van der Waals surface area contributed by atoms with Crippen LogP contribution in [0.2, 0.25) is 0 Å². The van der Waals surface area contributed by atoms with Crippen molar-refractivity contribution in [3.8, 4) is 11.6 Å². The average molecular weight is 369 g/mol. The largest absolute Gasteiger partial charge is 0.461 e. The van der Waals surface area contributed by atoms with Gasteiger partial charge in [-0.25, -0.2) is 9.97 Å². The summed E-state index contributed by atoms with van der Waals surface area (Å²) < 4.78 is 5.44. The molecular weight excluding hydrogens is 346 g/mol. The minimum absolute atomic E-state index is 0.113. The molecule has 3 aromatic rings. The van der Waals surface area contributed by atoms with E-state index in [2.05, 4.69) is 9.97 Å². The number of amides is 1. The smallest absolute Gasteiger partial charge is 0.233 e. The Balaban J connectivity index is 1.90. The van der Waals surface area contributed by atoms with Crippen molar-refractivity contribution in [3.05, 3.63) is 42.7 Å². The van der Waals surface area contributed by atoms with Crippen molar-refractivity contribution >= 4 is 28.6 Å². The maximum Gasteiger partial charge on any atom is 0.233 e. The molecule has 6 heteroatoms. The standard InChI is InChI=1S/C20H23N3O2S/c1-13(2)23(14(3)4)18(24)12-26-20-15-8-5-6-9-16(15)21-19(22-20)17-10-7-11-25-17/h5-11,13-14H,12H2,1-4H3. The zero-order valence-corrected chi connectivity index (χ0v) is 16.3. The van der Waals surface area contributed by atoms with Crippen LogP contribution >= 0.6 is 11.8 Å². The van der Waals surface area contributed by atoms with Gasteiger partial charge in [0.1, 0.15) is 5.03 Å².